The molecule has 29 heavy (non-hydrogen) atoms. The molecule has 1 N–H and O–H groups in total. The Labute approximate surface area is 170 Å². The Hall–Kier alpha value is -2.86. The molecule has 3 aromatic rings. The lowest BCUT2D eigenvalue weighted by Crippen LogP contribution is -2.42. The molecule has 5 rings (SSSR count). The molecule has 2 saturated heterocycles. The SMILES string of the molecule is Cc1cccn2cc(COc3ccccc3C(=O)N3C4CCNCC3CC4)nc12. The van der Waals surface area contributed by atoms with E-state index in [0.29, 0.717) is 24.0 Å². The molecule has 2 fully saturated rings. The molecule has 1 aromatic carbocycles. The summed E-state index contributed by atoms with van der Waals surface area (Å²) in [5.41, 5.74) is 3.55. The molecule has 0 saturated carbocycles. The van der Waals surface area contributed by atoms with Crippen molar-refractivity contribution in [3.05, 3.63) is 65.6 Å². The minimum absolute atomic E-state index is 0.0858. The highest BCUT2D eigenvalue weighted by Gasteiger charge is 2.39. The normalized spacial score (nSPS) is 21.3. The van der Waals surface area contributed by atoms with Crippen LogP contribution in [-0.4, -0.2) is 45.4 Å². The van der Waals surface area contributed by atoms with Crippen LogP contribution in [-0.2, 0) is 6.61 Å². The quantitative estimate of drug-likeness (QED) is 0.743. The zero-order valence-electron chi connectivity index (χ0n) is 16.7. The summed E-state index contributed by atoms with van der Waals surface area (Å²) in [7, 11) is 0. The number of carbonyl (C=O) groups excluding carboxylic acids is 1. The number of benzene rings is 1. The Kier molecular flexibility index (Phi) is 4.72. The fraction of sp³-hybridized carbons (Fsp3) is 0.391. The maximum Gasteiger partial charge on any atom is 0.258 e. The van der Waals surface area contributed by atoms with Crippen molar-refractivity contribution in [3.63, 3.8) is 0 Å². The van der Waals surface area contributed by atoms with Gasteiger partial charge in [-0.1, -0.05) is 18.2 Å². The number of para-hydroxylation sites is 1. The van der Waals surface area contributed by atoms with Crippen LogP contribution < -0.4 is 10.1 Å². The number of amides is 1. The molecule has 2 aliphatic heterocycles. The number of pyridine rings is 1. The van der Waals surface area contributed by atoms with Gasteiger partial charge in [0.25, 0.3) is 5.91 Å². The zero-order chi connectivity index (χ0) is 19.8. The molecule has 150 valence electrons. The van der Waals surface area contributed by atoms with E-state index in [1.165, 1.54) is 0 Å². The highest BCUT2D eigenvalue weighted by atomic mass is 16.5. The van der Waals surface area contributed by atoms with Crippen LogP contribution in [0.1, 0.15) is 40.9 Å². The number of aromatic nitrogens is 2. The van der Waals surface area contributed by atoms with Crippen LogP contribution in [0, 0.1) is 6.92 Å². The molecule has 2 aromatic heterocycles. The van der Waals surface area contributed by atoms with Gasteiger partial charge in [0.05, 0.1) is 11.3 Å². The monoisotopic (exact) mass is 390 g/mol. The van der Waals surface area contributed by atoms with E-state index in [2.05, 4.69) is 15.2 Å². The summed E-state index contributed by atoms with van der Waals surface area (Å²) in [4.78, 5) is 20.2. The molecule has 2 unspecified atom stereocenters. The maximum absolute atomic E-state index is 13.4. The van der Waals surface area contributed by atoms with E-state index in [-0.39, 0.29) is 11.9 Å². The predicted molar refractivity (Wildman–Crippen MR) is 111 cm³/mol. The Balaban J connectivity index is 1.37. The summed E-state index contributed by atoms with van der Waals surface area (Å²) in [6.45, 7) is 4.24. The molecule has 4 heterocycles. The Morgan fingerprint density at radius 1 is 1.17 bits per heavy atom. The second kappa shape index (κ2) is 7.52. The van der Waals surface area contributed by atoms with Crippen LogP contribution in [0.3, 0.4) is 0 Å². The van der Waals surface area contributed by atoms with Gasteiger partial charge >= 0.3 is 0 Å². The Morgan fingerprint density at radius 2 is 2.03 bits per heavy atom. The highest BCUT2D eigenvalue weighted by Crippen LogP contribution is 2.32. The first-order valence-corrected chi connectivity index (χ1v) is 10.4. The van der Waals surface area contributed by atoms with Gasteiger partial charge < -0.3 is 19.4 Å². The van der Waals surface area contributed by atoms with Crippen LogP contribution in [0.2, 0.25) is 0 Å². The number of rotatable bonds is 4. The number of aryl methyl sites for hydroxylation is 1. The fourth-order valence-corrected chi connectivity index (χ4v) is 4.65. The van der Waals surface area contributed by atoms with Gasteiger partial charge in [-0.15, -0.1) is 0 Å². The van der Waals surface area contributed by atoms with E-state index in [1.54, 1.807) is 0 Å². The average molecular weight is 390 g/mol. The van der Waals surface area contributed by atoms with Gasteiger partial charge in [0.2, 0.25) is 0 Å². The molecule has 6 nitrogen and oxygen atoms in total. The molecule has 2 atom stereocenters. The minimum atomic E-state index is 0.0858. The van der Waals surface area contributed by atoms with Crippen molar-refractivity contribution >= 4 is 11.6 Å². The largest absolute Gasteiger partial charge is 0.486 e. The van der Waals surface area contributed by atoms with E-state index >= 15 is 0 Å². The van der Waals surface area contributed by atoms with Gasteiger partial charge in [-0.05, 0) is 56.5 Å². The smallest absolute Gasteiger partial charge is 0.258 e. The van der Waals surface area contributed by atoms with Crippen molar-refractivity contribution in [2.24, 2.45) is 0 Å². The van der Waals surface area contributed by atoms with Crippen molar-refractivity contribution in [3.8, 4) is 5.75 Å². The number of ether oxygens (including phenoxy) is 1. The van der Waals surface area contributed by atoms with Crippen molar-refractivity contribution in [2.45, 2.75) is 44.9 Å². The molecular weight excluding hydrogens is 364 g/mol. The van der Waals surface area contributed by atoms with Crippen LogP contribution in [0.25, 0.3) is 5.65 Å². The number of nitrogens with one attached hydrogen (secondary N) is 1. The molecule has 2 aliphatic rings. The van der Waals surface area contributed by atoms with Gasteiger partial charge in [0, 0.05) is 31.0 Å². The van der Waals surface area contributed by atoms with Crippen LogP contribution in [0.4, 0.5) is 0 Å². The van der Waals surface area contributed by atoms with E-state index in [9.17, 15) is 4.79 Å². The Bertz CT molecular complexity index is 1030. The van der Waals surface area contributed by atoms with Crippen LogP contribution >= 0.6 is 0 Å². The predicted octanol–water partition coefficient (Wildman–Crippen LogP) is 3.19. The topological polar surface area (TPSA) is 58.9 Å². The fourth-order valence-electron chi connectivity index (χ4n) is 4.65. The number of hydrogen-bond donors (Lipinski definition) is 1. The van der Waals surface area contributed by atoms with Gasteiger partial charge in [0.1, 0.15) is 18.0 Å². The molecule has 0 aliphatic carbocycles. The number of nitrogens with zero attached hydrogens (tertiary/aromatic N) is 3. The lowest BCUT2D eigenvalue weighted by Gasteiger charge is -2.28. The first-order chi connectivity index (χ1) is 14.2. The third-order valence-corrected chi connectivity index (χ3v) is 6.11. The molecule has 6 heteroatoms. The van der Waals surface area contributed by atoms with Crippen LogP contribution in [0.5, 0.6) is 5.75 Å². The van der Waals surface area contributed by atoms with E-state index in [4.69, 9.17) is 4.74 Å². The summed E-state index contributed by atoms with van der Waals surface area (Å²) < 4.78 is 8.09. The zero-order valence-corrected chi connectivity index (χ0v) is 16.7. The van der Waals surface area contributed by atoms with Crippen molar-refractivity contribution in [1.82, 2.24) is 19.6 Å². The summed E-state index contributed by atoms with van der Waals surface area (Å²) in [5.74, 6) is 0.713. The highest BCUT2D eigenvalue weighted by molar-refractivity contribution is 5.97. The van der Waals surface area contributed by atoms with E-state index < -0.39 is 0 Å². The second-order valence-electron chi connectivity index (χ2n) is 8.03. The number of carbonyl (C=O) groups is 1. The first-order valence-electron chi connectivity index (χ1n) is 10.4. The van der Waals surface area contributed by atoms with Crippen molar-refractivity contribution in [2.75, 3.05) is 13.1 Å². The average Bonchev–Trinajstić information content (AvgIpc) is 3.26. The number of hydrogen-bond acceptors (Lipinski definition) is 4. The first kappa shape index (κ1) is 18.2. The molecule has 1 amide bonds. The molecular formula is C23H26N4O2. The summed E-state index contributed by atoms with van der Waals surface area (Å²) in [5, 5.41) is 3.46. The molecule has 2 bridgehead atoms. The van der Waals surface area contributed by atoms with E-state index in [1.807, 2.05) is 60.1 Å². The third-order valence-electron chi connectivity index (χ3n) is 6.11. The third kappa shape index (κ3) is 3.38. The van der Waals surface area contributed by atoms with Crippen LogP contribution in [0.15, 0.2) is 48.8 Å². The molecule has 0 spiro atoms. The minimum Gasteiger partial charge on any atom is -0.486 e. The number of imidazole rings is 1. The van der Waals surface area contributed by atoms with Gasteiger partial charge in [-0.3, -0.25) is 4.79 Å². The van der Waals surface area contributed by atoms with E-state index in [0.717, 1.165) is 49.3 Å². The molecule has 0 radical (unpaired) electrons. The van der Waals surface area contributed by atoms with Gasteiger partial charge in [-0.25, -0.2) is 4.98 Å². The van der Waals surface area contributed by atoms with Gasteiger partial charge in [0.15, 0.2) is 0 Å². The summed E-state index contributed by atoms with van der Waals surface area (Å²) >= 11 is 0. The lowest BCUT2D eigenvalue weighted by atomic mass is 10.1. The van der Waals surface area contributed by atoms with Gasteiger partial charge in [-0.2, -0.15) is 0 Å². The van der Waals surface area contributed by atoms with Crippen molar-refractivity contribution < 1.29 is 9.53 Å². The lowest BCUT2D eigenvalue weighted by molar-refractivity contribution is 0.0675. The maximum atomic E-state index is 13.4. The Morgan fingerprint density at radius 3 is 2.93 bits per heavy atom. The second-order valence-corrected chi connectivity index (χ2v) is 8.03. The number of fused-ring (bicyclic) bond motifs is 3. The standard InChI is InChI=1S/C23H26N4O2/c1-16-5-4-12-26-14-17(25-22(16)26)15-29-21-7-3-2-6-20(21)23(28)27-18-8-9-19(27)13-24-11-10-18/h2-7,12,14,18-19,24H,8-11,13,15H2,1H3. The summed E-state index contributed by atoms with van der Waals surface area (Å²) in [6, 6.07) is 12.2. The summed E-state index contributed by atoms with van der Waals surface area (Å²) in [6.07, 6.45) is 7.16. The van der Waals surface area contributed by atoms with Crippen molar-refractivity contribution in [1.29, 1.82) is 0 Å².